The smallest absolute Gasteiger partial charge is 0.208 e. The molecule has 1 aromatic rings. The highest BCUT2D eigenvalue weighted by Crippen LogP contribution is 2.12. The Balaban J connectivity index is 2.30. The molecule has 0 aliphatic carbocycles. The summed E-state index contributed by atoms with van der Waals surface area (Å²) in [5.74, 6) is 0.813. The normalized spacial score (nSPS) is 12.0. The van der Waals surface area contributed by atoms with Crippen LogP contribution >= 0.6 is 23.4 Å². The third kappa shape index (κ3) is 3.43. The van der Waals surface area contributed by atoms with Crippen LogP contribution in [0.3, 0.4) is 0 Å². The van der Waals surface area contributed by atoms with E-state index in [4.69, 9.17) is 11.6 Å². The summed E-state index contributed by atoms with van der Waals surface area (Å²) < 4.78 is 0. The van der Waals surface area contributed by atoms with Gasteiger partial charge in [0, 0.05) is 10.8 Å². The molecule has 1 rings (SSSR count). The fraction of sp³-hybridized carbons (Fsp3) is 0.333. The van der Waals surface area contributed by atoms with E-state index < -0.39 is 0 Å². The van der Waals surface area contributed by atoms with Gasteiger partial charge >= 0.3 is 0 Å². The number of hydrogen-bond acceptors (Lipinski definition) is 3. The first-order valence-corrected chi connectivity index (χ1v) is 4.46. The number of nitrogens with zero attached hydrogens (tertiary/aromatic N) is 2. The van der Waals surface area contributed by atoms with Crippen molar-refractivity contribution in [1.82, 2.24) is 15.2 Å². The highest BCUT2D eigenvalue weighted by molar-refractivity contribution is 7.99. The SMILES string of the molecule is CC(Cl)=CCSc1nc[nH]n1. The van der Waals surface area contributed by atoms with Gasteiger partial charge < -0.3 is 0 Å². The minimum absolute atomic E-state index is 0.749. The monoisotopic (exact) mass is 189 g/mol. The molecule has 0 amide bonds. The topological polar surface area (TPSA) is 41.6 Å². The fourth-order valence-corrected chi connectivity index (χ4v) is 1.39. The number of nitrogens with one attached hydrogen (secondary N) is 1. The van der Waals surface area contributed by atoms with Gasteiger partial charge in [0.2, 0.25) is 5.16 Å². The lowest BCUT2D eigenvalue weighted by Gasteiger charge is -1.88. The van der Waals surface area contributed by atoms with Crippen molar-refractivity contribution in [3.8, 4) is 0 Å². The zero-order valence-corrected chi connectivity index (χ0v) is 7.61. The summed E-state index contributed by atoms with van der Waals surface area (Å²) in [6.07, 6.45) is 3.47. The van der Waals surface area contributed by atoms with Crippen LogP contribution in [0.4, 0.5) is 0 Å². The van der Waals surface area contributed by atoms with E-state index in [0.717, 1.165) is 15.9 Å². The number of halogens is 1. The molecule has 0 fully saturated rings. The van der Waals surface area contributed by atoms with Crippen LogP contribution in [-0.4, -0.2) is 20.9 Å². The minimum Gasteiger partial charge on any atom is -0.265 e. The van der Waals surface area contributed by atoms with Crippen molar-refractivity contribution >= 4 is 23.4 Å². The molecule has 5 heteroatoms. The lowest BCUT2D eigenvalue weighted by atomic mass is 10.6. The van der Waals surface area contributed by atoms with E-state index in [-0.39, 0.29) is 0 Å². The molecular weight excluding hydrogens is 182 g/mol. The van der Waals surface area contributed by atoms with Crippen molar-refractivity contribution in [2.45, 2.75) is 12.1 Å². The molecule has 0 unspecified atom stereocenters. The predicted molar refractivity (Wildman–Crippen MR) is 46.7 cm³/mol. The van der Waals surface area contributed by atoms with Crippen LogP contribution in [0.15, 0.2) is 22.6 Å². The first kappa shape index (κ1) is 8.62. The summed E-state index contributed by atoms with van der Waals surface area (Å²) >= 11 is 7.16. The van der Waals surface area contributed by atoms with Crippen molar-refractivity contribution in [3.05, 3.63) is 17.4 Å². The molecule has 0 saturated carbocycles. The quantitative estimate of drug-likeness (QED) is 0.740. The van der Waals surface area contributed by atoms with Gasteiger partial charge in [-0.25, -0.2) is 4.98 Å². The number of H-pyrrole nitrogens is 1. The highest BCUT2D eigenvalue weighted by atomic mass is 35.5. The third-order valence-electron chi connectivity index (χ3n) is 0.970. The van der Waals surface area contributed by atoms with Gasteiger partial charge in [0.25, 0.3) is 0 Å². The zero-order valence-electron chi connectivity index (χ0n) is 6.04. The molecule has 1 N–H and O–H groups in total. The first-order valence-electron chi connectivity index (χ1n) is 3.10. The van der Waals surface area contributed by atoms with Gasteiger partial charge in [-0.2, -0.15) is 0 Å². The van der Waals surface area contributed by atoms with Crippen LogP contribution in [0.2, 0.25) is 0 Å². The van der Waals surface area contributed by atoms with Crippen LogP contribution in [0, 0.1) is 0 Å². The molecule has 0 spiro atoms. The lowest BCUT2D eigenvalue weighted by molar-refractivity contribution is 0.975. The second kappa shape index (κ2) is 4.41. The van der Waals surface area contributed by atoms with Crippen LogP contribution in [0.1, 0.15) is 6.92 Å². The molecule has 60 valence electrons. The number of aromatic nitrogens is 3. The number of hydrogen-bond donors (Lipinski definition) is 1. The Hall–Kier alpha value is -0.480. The summed E-state index contributed by atoms with van der Waals surface area (Å²) in [5.41, 5.74) is 0. The van der Waals surface area contributed by atoms with E-state index in [1.807, 2.05) is 13.0 Å². The molecule has 0 radical (unpaired) electrons. The maximum Gasteiger partial charge on any atom is 0.208 e. The van der Waals surface area contributed by atoms with Crippen molar-refractivity contribution in [2.75, 3.05) is 5.75 Å². The van der Waals surface area contributed by atoms with Crippen LogP contribution in [0.25, 0.3) is 0 Å². The van der Waals surface area contributed by atoms with Crippen molar-refractivity contribution < 1.29 is 0 Å². The molecule has 0 aliphatic rings. The van der Waals surface area contributed by atoms with Crippen molar-refractivity contribution in [1.29, 1.82) is 0 Å². The standard InChI is InChI=1S/C6H8ClN3S/c1-5(7)2-3-11-6-8-4-9-10-6/h2,4H,3H2,1H3,(H,8,9,10). The molecule has 1 aromatic heterocycles. The molecule has 0 aliphatic heterocycles. The third-order valence-corrected chi connectivity index (χ3v) is 1.91. The van der Waals surface area contributed by atoms with Crippen LogP contribution < -0.4 is 0 Å². The van der Waals surface area contributed by atoms with Crippen molar-refractivity contribution in [3.63, 3.8) is 0 Å². The molecule has 3 nitrogen and oxygen atoms in total. The molecule has 0 saturated heterocycles. The van der Waals surface area contributed by atoms with E-state index in [2.05, 4.69) is 15.2 Å². The number of thioether (sulfide) groups is 1. The second-order valence-corrected chi connectivity index (χ2v) is 3.47. The van der Waals surface area contributed by atoms with E-state index in [1.54, 1.807) is 18.1 Å². The van der Waals surface area contributed by atoms with E-state index in [9.17, 15) is 0 Å². The van der Waals surface area contributed by atoms with Gasteiger partial charge in [0.15, 0.2) is 0 Å². The van der Waals surface area contributed by atoms with E-state index in [0.29, 0.717) is 0 Å². The van der Waals surface area contributed by atoms with Gasteiger partial charge in [-0.05, 0) is 6.92 Å². The highest BCUT2D eigenvalue weighted by Gasteiger charge is 1.93. The maximum atomic E-state index is 5.62. The Morgan fingerprint density at radius 2 is 2.73 bits per heavy atom. The molecule has 0 bridgehead atoms. The number of rotatable bonds is 3. The Morgan fingerprint density at radius 3 is 3.27 bits per heavy atom. The van der Waals surface area contributed by atoms with Crippen LogP contribution in [-0.2, 0) is 0 Å². The second-order valence-electron chi connectivity index (χ2n) is 1.88. The Morgan fingerprint density at radius 1 is 1.91 bits per heavy atom. The zero-order chi connectivity index (χ0) is 8.10. The summed E-state index contributed by atoms with van der Waals surface area (Å²) in [5, 5.41) is 8.05. The van der Waals surface area contributed by atoms with Gasteiger partial charge in [-0.15, -0.1) is 5.10 Å². The number of allylic oxidation sites excluding steroid dienone is 1. The van der Waals surface area contributed by atoms with Gasteiger partial charge in [-0.3, -0.25) is 5.10 Å². The average Bonchev–Trinajstić information content (AvgIpc) is 2.39. The molecule has 1 heterocycles. The van der Waals surface area contributed by atoms with E-state index in [1.165, 1.54) is 0 Å². The molecule has 11 heavy (non-hydrogen) atoms. The summed E-state index contributed by atoms with van der Waals surface area (Å²) in [6, 6.07) is 0. The Bertz CT molecular complexity index is 228. The first-order chi connectivity index (χ1) is 5.29. The fourth-order valence-electron chi connectivity index (χ4n) is 0.498. The Labute approximate surface area is 74.2 Å². The number of aromatic amines is 1. The molecule has 0 atom stereocenters. The largest absolute Gasteiger partial charge is 0.265 e. The average molecular weight is 190 g/mol. The van der Waals surface area contributed by atoms with E-state index >= 15 is 0 Å². The van der Waals surface area contributed by atoms with Gasteiger partial charge in [0.05, 0.1) is 0 Å². The maximum absolute atomic E-state index is 5.62. The van der Waals surface area contributed by atoms with Crippen LogP contribution in [0.5, 0.6) is 0 Å². The van der Waals surface area contributed by atoms with Gasteiger partial charge in [0.1, 0.15) is 6.33 Å². The summed E-state index contributed by atoms with van der Waals surface area (Å²) in [6.45, 7) is 1.85. The molecular formula is C6H8ClN3S. The minimum atomic E-state index is 0.749. The van der Waals surface area contributed by atoms with Crippen molar-refractivity contribution in [2.24, 2.45) is 0 Å². The molecule has 0 aromatic carbocycles. The summed E-state index contributed by atoms with van der Waals surface area (Å²) in [7, 11) is 0. The van der Waals surface area contributed by atoms with Gasteiger partial charge in [-0.1, -0.05) is 29.4 Å². The summed E-state index contributed by atoms with van der Waals surface area (Å²) in [4.78, 5) is 3.94. The Kier molecular flexibility index (Phi) is 3.45. The lowest BCUT2D eigenvalue weighted by Crippen LogP contribution is -1.76. The predicted octanol–water partition coefficient (Wildman–Crippen LogP) is 2.04.